The summed E-state index contributed by atoms with van der Waals surface area (Å²) in [6.07, 6.45) is 5.16. The molecular weight excluding hydrogens is 396 g/mol. The van der Waals surface area contributed by atoms with Gasteiger partial charge in [-0.3, -0.25) is 9.79 Å². The van der Waals surface area contributed by atoms with Crippen LogP contribution < -0.4 is 10.6 Å². The summed E-state index contributed by atoms with van der Waals surface area (Å²) in [5.74, 6) is 3.50. The Labute approximate surface area is 183 Å². The van der Waals surface area contributed by atoms with Gasteiger partial charge in [-0.1, -0.05) is 18.2 Å². The zero-order valence-electron chi connectivity index (χ0n) is 17.7. The molecule has 162 valence electrons. The normalized spacial score (nSPS) is 15.2. The van der Waals surface area contributed by atoms with Gasteiger partial charge in [0.2, 0.25) is 5.91 Å². The molecule has 2 aromatic rings. The Morgan fingerprint density at radius 3 is 2.70 bits per heavy atom. The molecule has 1 aromatic heterocycles. The fourth-order valence-corrected chi connectivity index (χ4v) is 4.35. The van der Waals surface area contributed by atoms with E-state index in [4.69, 9.17) is 9.41 Å². The summed E-state index contributed by atoms with van der Waals surface area (Å²) in [5, 5.41) is 6.29. The lowest BCUT2D eigenvalue weighted by molar-refractivity contribution is -0.121. The minimum absolute atomic E-state index is 0.136. The largest absolute Gasteiger partial charge is 0.469 e. The van der Waals surface area contributed by atoms with E-state index >= 15 is 0 Å². The first-order valence-corrected chi connectivity index (χ1v) is 11.7. The highest BCUT2D eigenvalue weighted by Gasteiger charge is 2.23. The van der Waals surface area contributed by atoms with Gasteiger partial charge in [-0.05, 0) is 43.0 Å². The highest BCUT2D eigenvalue weighted by atomic mass is 32.2. The minimum atomic E-state index is 0.136. The van der Waals surface area contributed by atoms with Crippen LogP contribution in [-0.2, 0) is 11.2 Å². The summed E-state index contributed by atoms with van der Waals surface area (Å²) in [5.41, 5.74) is 0. The van der Waals surface area contributed by atoms with E-state index in [1.54, 1.807) is 13.3 Å². The van der Waals surface area contributed by atoms with Crippen molar-refractivity contribution in [3.63, 3.8) is 0 Å². The monoisotopic (exact) mass is 428 g/mol. The van der Waals surface area contributed by atoms with Crippen LogP contribution in [0.4, 0.5) is 0 Å². The number of carbonyl (C=O) groups is 1. The molecule has 1 fully saturated rings. The van der Waals surface area contributed by atoms with Crippen molar-refractivity contribution in [3.8, 4) is 0 Å². The van der Waals surface area contributed by atoms with Gasteiger partial charge in [0.05, 0.1) is 6.26 Å². The number of piperidine rings is 1. The molecule has 0 atom stereocenters. The van der Waals surface area contributed by atoms with E-state index in [2.05, 4.69) is 39.8 Å². The van der Waals surface area contributed by atoms with Gasteiger partial charge in [0, 0.05) is 56.7 Å². The van der Waals surface area contributed by atoms with Crippen LogP contribution in [0.25, 0.3) is 0 Å². The quantitative estimate of drug-likeness (QED) is 0.277. The van der Waals surface area contributed by atoms with Crippen LogP contribution >= 0.6 is 11.8 Å². The Kier molecular flexibility index (Phi) is 9.15. The minimum Gasteiger partial charge on any atom is -0.469 e. The Hall–Kier alpha value is -2.41. The number of rotatable bonds is 9. The fraction of sp³-hybridized carbons (Fsp3) is 0.478. The van der Waals surface area contributed by atoms with Gasteiger partial charge in [0.15, 0.2) is 5.96 Å². The SMILES string of the molecule is CNC(=O)CC1CCN(C(=NCCc2ccco2)NCCSc2ccccc2)CC1. The highest BCUT2D eigenvalue weighted by molar-refractivity contribution is 7.99. The number of nitrogens with one attached hydrogen (secondary N) is 2. The molecule has 6 nitrogen and oxygen atoms in total. The maximum atomic E-state index is 11.7. The Bertz CT molecular complexity index is 772. The summed E-state index contributed by atoms with van der Waals surface area (Å²) < 4.78 is 5.43. The maximum absolute atomic E-state index is 11.7. The molecule has 3 rings (SSSR count). The number of carbonyl (C=O) groups excluding carboxylic acids is 1. The summed E-state index contributed by atoms with van der Waals surface area (Å²) in [6.45, 7) is 3.41. The number of hydrogen-bond donors (Lipinski definition) is 2. The van der Waals surface area contributed by atoms with Gasteiger partial charge in [-0.25, -0.2) is 0 Å². The van der Waals surface area contributed by atoms with Crippen LogP contribution in [0.3, 0.4) is 0 Å². The molecule has 7 heteroatoms. The van der Waals surface area contributed by atoms with E-state index in [0.29, 0.717) is 18.9 Å². The van der Waals surface area contributed by atoms with E-state index in [1.165, 1.54) is 4.90 Å². The molecule has 1 amide bonds. The van der Waals surface area contributed by atoms with Crippen LogP contribution in [0.5, 0.6) is 0 Å². The number of thioether (sulfide) groups is 1. The van der Waals surface area contributed by atoms with Crippen molar-refractivity contribution in [1.29, 1.82) is 0 Å². The summed E-state index contributed by atoms with van der Waals surface area (Å²) in [7, 11) is 1.71. The fourth-order valence-electron chi connectivity index (χ4n) is 3.56. The molecule has 0 spiro atoms. The third kappa shape index (κ3) is 7.44. The molecule has 1 saturated heterocycles. The van der Waals surface area contributed by atoms with Gasteiger partial charge in [-0.15, -0.1) is 11.8 Å². The molecule has 0 radical (unpaired) electrons. The van der Waals surface area contributed by atoms with Gasteiger partial charge in [0.1, 0.15) is 5.76 Å². The number of nitrogens with zero attached hydrogens (tertiary/aromatic N) is 2. The second-order valence-electron chi connectivity index (χ2n) is 7.43. The van der Waals surface area contributed by atoms with Crippen LogP contribution in [0.1, 0.15) is 25.0 Å². The van der Waals surface area contributed by atoms with Gasteiger partial charge < -0.3 is 20.0 Å². The van der Waals surface area contributed by atoms with Crippen LogP contribution in [0.2, 0.25) is 0 Å². The molecule has 0 saturated carbocycles. The van der Waals surface area contributed by atoms with Crippen molar-refractivity contribution in [2.24, 2.45) is 10.9 Å². The van der Waals surface area contributed by atoms with E-state index in [-0.39, 0.29) is 5.91 Å². The van der Waals surface area contributed by atoms with Crippen molar-refractivity contribution in [3.05, 3.63) is 54.5 Å². The zero-order chi connectivity index (χ0) is 21.0. The number of furan rings is 1. The first kappa shape index (κ1) is 22.3. The molecule has 0 bridgehead atoms. The molecule has 2 heterocycles. The van der Waals surface area contributed by atoms with E-state index in [1.807, 2.05) is 30.0 Å². The van der Waals surface area contributed by atoms with Crippen molar-refractivity contribution >= 4 is 23.6 Å². The third-order valence-electron chi connectivity index (χ3n) is 5.26. The lowest BCUT2D eigenvalue weighted by Gasteiger charge is -2.34. The summed E-state index contributed by atoms with van der Waals surface area (Å²) >= 11 is 1.85. The van der Waals surface area contributed by atoms with E-state index < -0.39 is 0 Å². The smallest absolute Gasteiger partial charge is 0.220 e. The van der Waals surface area contributed by atoms with Crippen molar-refractivity contribution in [2.45, 2.75) is 30.6 Å². The first-order chi connectivity index (χ1) is 14.7. The standard InChI is InChI=1S/C23H32N4O2S/c1-24-22(28)18-19-10-14-27(15-11-19)23(25-12-9-20-6-5-16-29-20)26-13-17-30-21-7-3-2-4-8-21/h2-8,16,19H,9-15,17-18H2,1H3,(H,24,28)(H,25,26). The van der Waals surface area contributed by atoms with Gasteiger partial charge >= 0.3 is 0 Å². The summed E-state index contributed by atoms with van der Waals surface area (Å²) in [4.78, 5) is 20.1. The Balaban J connectivity index is 1.50. The zero-order valence-corrected chi connectivity index (χ0v) is 18.5. The van der Waals surface area contributed by atoms with Gasteiger partial charge in [0.25, 0.3) is 0 Å². The Morgan fingerprint density at radius 1 is 1.20 bits per heavy atom. The molecule has 30 heavy (non-hydrogen) atoms. The van der Waals surface area contributed by atoms with Crippen LogP contribution in [0.15, 0.2) is 63.0 Å². The maximum Gasteiger partial charge on any atom is 0.220 e. The number of hydrogen-bond acceptors (Lipinski definition) is 4. The molecular formula is C23H32N4O2S. The van der Waals surface area contributed by atoms with Crippen molar-refractivity contribution in [2.75, 3.05) is 39.0 Å². The number of aliphatic imine (C=N–C) groups is 1. The average molecular weight is 429 g/mol. The number of guanidine groups is 1. The molecule has 1 aliphatic rings. The highest BCUT2D eigenvalue weighted by Crippen LogP contribution is 2.21. The molecule has 0 unspecified atom stereocenters. The second-order valence-corrected chi connectivity index (χ2v) is 8.60. The third-order valence-corrected chi connectivity index (χ3v) is 6.28. The molecule has 1 aromatic carbocycles. The number of likely N-dealkylation sites (tertiary alicyclic amines) is 1. The van der Waals surface area contributed by atoms with Crippen molar-refractivity contribution < 1.29 is 9.21 Å². The summed E-state index contributed by atoms with van der Waals surface area (Å²) in [6, 6.07) is 14.4. The van der Waals surface area contributed by atoms with Crippen LogP contribution in [0, 0.1) is 5.92 Å². The Morgan fingerprint density at radius 2 is 2.00 bits per heavy atom. The predicted molar refractivity (Wildman–Crippen MR) is 123 cm³/mol. The van der Waals surface area contributed by atoms with Crippen LogP contribution in [-0.4, -0.2) is 55.7 Å². The predicted octanol–water partition coefficient (Wildman–Crippen LogP) is 3.41. The van der Waals surface area contributed by atoms with E-state index in [0.717, 1.165) is 56.4 Å². The molecule has 0 aliphatic carbocycles. The molecule has 2 N–H and O–H groups in total. The second kappa shape index (κ2) is 12.3. The lowest BCUT2D eigenvalue weighted by Crippen LogP contribution is -2.46. The molecule has 1 aliphatic heterocycles. The number of benzene rings is 1. The first-order valence-electron chi connectivity index (χ1n) is 10.7. The van der Waals surface area contributed by atoms with Crippen molar-refractivity contribution in [1.82, 2.24) is 15.5 Å². The topological polar surface area (TPSA) is 69.9 Å². The number of amides is 1. The van der Waals surface area contributed by atoms with E-state index in [9.17, 15) is 4.79 Å². The average Bonchev–Trinajstić information content (AvgIpc) is 3.30. The van der Waals surface area contributed by atoms with Gasteiger partial charge in [-0.2, -0.15) is 0 Å². The lowest BCUT2D eigenvalue weighted by atomic mass is 9.93.